The summed E-state index contributed by atoms with van der Waals surface area (Å²) >= 11 is 6.04. The molecule has 34 heavy (non-hydrogen) atoms. The molecular weight excluding hydrogens is 498 g/mol. The van der Waals surface area contributed by atoms with Crippen LogP contribution < -0.4 is 9.73 Å². The number of sulfonamides is 1. The second-order valence-electron chi connectivity index (χ2n) is 6.80. The Labute approximate surface area is 197 Å². The molecule has 0 spiro atoms. The van der Waals surface area contributed by atoms with Crippen molar-refractivity contribution in [2.45, 2.75) is 11.1 Å². The maximum Gasteiger partial charge on any atom is 0.416 e. The molecule has 0 aliphatic carbocycles. The molecule has 0 saturated carbocycles. The van der Waals surface area contributed by atoms with Gasteiger partial charge in [-0.15, -0.1) is 0 Å². The summed E-state index contributed by atoms with van der Waals surface area (Å²) in [6.07, 6.45) is -3.78. The topological polar surface area (TPSA) is 78.8 Å². The summed E-state index contributed by atoms with van der Waals surface area (Å²) in [5.74, 6) is -1.61. The predicted octanol–water partition coefficient (Wildman–Crippen LogP) is 4.84. The molecule has 0 atom stereocenters. The van der Waals surface area contributed by atoms with E-state index in [1.54, 1.807) is 6.07 Å². The smallest absolute Gasteiger partial charge is 0.271 e. The zero-order valence-electron chi connectivity index (χ0n) is 17.1. The highest BCUT2D eigenvalue weighted by atomic mass is 35.5. The van der Waals surface area contributed by atoms with E-state index >= 15 is 0 Å². The quantitative estimate of drug-likeness (QED) is 0.279. The standard InChI is InChI=1S/C22H16ClF4N3O3S/c23-18-11-10-16(22(25,26)27)12-20(18)30(34(32,33)17-7-2-1-3-8-17)14-21(31)29-28-13-15-6-4-5-9-19(15)24/h1-13H,14H2,(H,29,31)/b28-13-. The second kappa shape index (κ2) is 10.2. The SMILES string of the molecule is O=C(CN(c1cc(C(F)(F)F)ccc1Cl)S(=O)(=O)c1ccccc1)N/N=C\c1ccccc1F. The molecule has 178 valence electrons. The Morgan fingerprint density at radius 3 is 2.32 bits per heavy atom. The van der Waals surface area contributed by atoms with E-state index in [2.05, 4.69) is 5.10 Å². The van der Waals surface area contributed by atoms with E-state index in [1.165, 1.54) is 48.5 Å². The van der Waals surface area contributed by atoms with Gasteiger partial charge in [0.05, 0.1) is 27.4 Å². The lowest BCUT2D eigenvalue weighted by atomic mass is 10.2. The Hall–Kier alpha value is -3.44. The zero-order chi connectivity index (χ0) is 24.9. The van der Waals surface area contributed by atoms with Gasteiger partial charge in [0.25, 0.3) is 15.9 Å². The van der Waals surface area contributed by atoms with Gasteiger partial charge >= 0.3 is 6.18 Å². The highest BCUT2D eigenvalue weighted by Gasteiger charge is 2.34. The molecule has 0 radical (unpaired) electrons. The van der Waals surface area contributed by atoms with E-state index in [1.807, 2.05) is 5.43 Å². The molecule has 6 nitrogen and oxygen atoms in total. The molecule has 0 aromatic heterocycles. The minimum Gasteiger partial charge on any atom is -0.271 e. The Morgan fingerprint density at radius 2 is 1.68 bits per heavy atom. The number of nitrogens with one attached hydrogen (secondary N) is 1. The predicted molar refractivity (Wildman–Crippen MR) is 120 cm³/mol. The van der Waals surface area contributed by atoms with Gasteiger partial charge in [0.1, 0.15) is 12.4 Å². The summed E-state index contributed by atoms with van der Waals surface area (Å²) < 4.78 is 80.4. The minimum absolute atomic E-state index is 0.0532. The molecule has 1 amide bonds. The highest BCUT2D eigenvalue weighted by molar-refractivity contribution is 7.92. The molecule has 0 aliphatic rings. The van der Waals surface area contributed by atoms with Crippen LogP contribution in [0.4, 0.5) is 23.2 Å². The number of carbonyl (C=O) groups is 1. The summed E-state index contributed by atoms with van der Waals surface area (Å²) in [6, 6.07) is 14.5. The number of benzene rings is 3. The molecule has 3 aromatic carbocycles. The number of alkyl halides is 3. The largest absolute Gasteiger partial charge is 0.416 e. The van der Waals surface area contributed by atoms with Crippen LogP contribution in [0.25, 0.3) is 0 Å². The molecule has 3 rings (SSSR count). The van der Waals surface area contributed by atoms with Crippen LogP contribution in [0.5, 0.6) is 0 Å². The van der Waals surface area contributed by atoms with Crippen LogP contribution in [0.3, 0.4) is 0 Å². The number of hydrogen-bond donors (Lipinski definition) is 1. The number of nitrogens with zero attached hydrogens (tertiary/aromatic N) is 2. The van der Waals surface area contributed by atoms with Gasteiger partial charge in [0.15, 0.2) is 0 Å². The van der Waals surface area contributed by atoms with Crippen LogP contribution in [0.15, 0.2) is 82.8 Å². The van der Waals surface area contributed by atoms with Crippen LogP contribution in [0, 0.1) is 5.82 Å². The van der Waals surface area contributed by atoms with Crippen LogP contribution in [-0.4, -0.2) is 27.1 Å². The first-order valence-electron chi connectivity index (χ1n) is 9.51. The summed E-state index contributed by atoms with van der Waals surface area (Å²) in [5.41, 5.74) is 0.390. The van der Waals surface area contributed by atoms with Crippen molar-refractivity contribution in [3.05, 3.63) is 94.8 Å². The number of rotatable bonds is 7. The van der Waals surface area contributed by atoms with E-state index in [0.29, 0.717) is 16.4 Å². The molecule has 0 fully saturated rings. The van der Waals surface area contributed by atoms with Crippen LogP contribution in [0.2, 0.25) is 5.02 Å². The first kappa shape index (κ1) is 25.2. The molecule has 0 saturated heterocycles. The molecule has 1 N–H and O–H groups in total. The van der Waals surface area contributed by atoms with E-state index in [9.17, 15) is 30.8 Å². The van der Waals surface area contributed by atoms with Crippen molar-refractivity contribution in [1.82, 2.24) is 5.43 Å². The normalized spacial score (nSPS) is 12.0. The number of amides is 1. The molecule has 0 unspecified atom stereocenters. The monoisotopic (exact) mass is 513 g/mol. The lowest BCUT2D eigenvalue weighted by Gasteiger charge is -2.25. The fourth-order valence-electron chi connectivity index (χ4n) is 2.82. The van der Waals surface area contributed by atoms with Gasteiger partial charge < -0.3 is 0 Å². The van der Waals surface area contributed by atoms with Crippen molar-refractivity contribution in [1.29, 1.82) is 0 Å². The first-order chi connectivity index (χ1) is 16.0. The van der Waals surface area contributed by atoms with Crippen molar-refractivity contribution in [2.24, 2.45) is 5.10 Å². The lowest BCUT2D eigenvalue weighted by Crippen LogP contribution is -2.40. The third-order valence-electron chi connectivity index (χ3n) is 4.46. The maximum atomic E-state index is 13.7. The van der Waals surface area contributed by atoms with E-state index in [4.69, 9.17) is 11.6 Å². The van der Waals surface area contributed by atoms with Gasteiger partial charge in [0.2, 0.25) is 0 Å². The summed E-state index contributed by atoms with van der Waals surface area (Å²) in [5, 5.41) is 3.26. The van der Waals surface area contributed by atoms with E-state index < -0.39 is 45.7 Å². The average Bonchev–Trinajstić information content (AvgIpc) is 2.79. The summed E-state index contributed by atoms with van der Waals surface area (Å²) in [6.45, 7) is -0.952. The Balaban J connectivity index is 1.97. The third kappa shape index (κ3) is 5.91. The summed E-state index contributed by atoms with van der Waals surface area (Å²) in [7, 11) is -4.51. The summed E-state index contributed by atoms with van der Waals surface area (Å²) in [4.78, 5) is 12.2. The molecule has 3 aromatic rings. The Morgan fingerprint density at radius 1 is 1.03 bits per heavy atom. The second-order valence-corrected chi connectivity index (χ2v) is 9.07. The number of carbonyl (C=O) groups excluding carboxylic acids is 1. The fourth-order valence-corrected chi connectivity index (χ4v) is 4.54. The third-order valence-corrected chi connectivity index (χ3v) is 6.55. The fraction of sp³-hybridized carbons (Fsp3) is 0.0909. The van der Waals surface area contributed by atoms with Crippen LogP contribution in [0.1, 0.15) is 11.1 Å². The number of anilines is 1. The molecular formula is C22H16ClF4N3O3S. The molecule has 0 aliphatic heterocycles. The van der Waals surface area contributed by atoms with Gasteiger partial charge in [-0.2, -0.15) is 18.3 Å². The van der Waals surface area contributed by atoms with Gasteiger partial charge in [-0.25, -0.2) is 18.2 Å². The van der Waals surface area contributed by atoms with E-state index in [-0.39, 0.29) is 15.5 Å². The van der Waals surface area contributed by atoms with Gasteiger partial charge in [-0.1, -0.05) is 48.0 Å². The zero-order valence-corrected chi connectivity index (χ0v) is 18.7. The Kier molecular flexibility index (Phi) is 7.57. The molecule has 12 heteroatoms. The maximum absolute atomic E-state index is 13.7. The number of halogens is 5. The van der Waals surface area contributed by atoms with Crippen molar-refractivity contribution < 1.29 is 30.8 Å². The van der Waals surface area contributed by atoms with Crippen molar-refractivity contribution in [3.8, 4) is 0 Å². The number of hydrazone groups is 1. The average molecular weight is 514 g/mol. The molecule has 0 heterocycles. The van der Waals surface area contributed by atoms with Gasteiger partial charge in [-0.05, 0) is 36.4 Å². The van der Waals surface area contributed by atoms with Gasteiger partial charge in [-0.3, -0.25) is 9.10 Å². The van der Waals surface area contributed by atoms with E-state index in [0.717, 1.165) is 12.3 Å². The van der Waals surface area contributed by atoms with Crippen molar-refractivity contribution in [2.75, 3.05) is 10.8 Å². The van der Waals surface area contributed by atoms with Crippen LogP contribution in [-0.2, 0) is 21.0 Å². The number of hydrogen-bond acceptors (Lipinski definition) is 4. The Bertz CT molecular complexity index is 1320. The van der Waals surface area contributed by atoms with Crippen molar-refractivity contribution >= 4 is 39.4 Å². The van der Waals surface area contributed by atoms with Crippen molar-refractivity contribution in [3.63, 3.8) is 0 Å². The van der Waals surface area contributed by atoms with Crippen LogP contribution >= 0.6 is 11.6 Å². The molecule has 0 bridgehead atoms. The lowest BCUT2D eigenvalue weighted by molar-refractivity contribution is -0.137. The first-order valence-corrected chi connectivity index (χ1v) is 11.3. The highest BCUT2D eigenvalue weighted by Crippen LogP contribution is 2.37. The minimum atomic E-state index is -4.78. The van der Waals surface area contributed by atoms with Gasteiger partial charge in [0, 0.05) is 5.56 Å².